The first-order chi connectivity index (χ1) is 9.95. The van der Waals surface area contributed by atoms with Crippen LogP contribution in [0.5, 0.6) is 0 Å². The Morgan fingerprint density at radius 3 is 2.48 bits per heavy atom. The van der Waals surface area contributed by atoms with Gasteiger partial charge in [-0.05, 0) is 12.8 Å². The zero-order valence-corrected chi connectivity index (χ0v) is 15.3. The van der Waals surface area contributed by atoms with E-state index in [0.29, 0.717) is 31.0 Å². The van der Waals surface area contributed by atoms with Crippen molar-refractivity contribution in [2.75, 3.05) is 37.4 Å². The molecule has 7 nitrogen and oxygen atoms in total. The van der Waals surface area contributed by atoms with Gasteiger partial charge in [0.25, 0.3) is 0 Å². The number of aromatic nitrogens is 2. The fourth-order valence-electron chi connectivity index (χ4n) is 2.28. The lowest BCUT2D eigenvalue weighted by molar-refractivity contribution is -0.118. The van der Waals surface area contributed by atoms with Gasteiger partial charge in [-0.15, -0.1) is 24.8 Å². The maximum Gasteiger partial charge on any atom is 0.227 e. The second kappa shape index (κ2) is 9.75. The fraction of sp³-hybridized carbons (Fsp3) is 0.643. The number of nitrogens with one attached hydrogen (secondary N) is 2. The molecule has 1 fully saturated rings. The van der Waals surface area contributed by atoms with Crippen LogP contribution in [0.3, 0.4) is 0 Å². The molecule has 0 atom stereocenters. The van der Waals surface area contributed by atoms with Gasteiger partial charge in [0.15, 0.2) is 0 Å². The summed E-state index contributed by atoms with van der Waals surface area (Å²) in [5.74, 6) is 1.87. The van der Waals surface area contributed by atoms with Crippen LogP contribution in [0.25, 0.3) is 0 Å². The highest BCUT2D eigenvalue weighted by molar-refractivity contribution is 5.85. The third-order valence-corrected chi connectivity index (χ3v) is 3.53. The second-order valence-electron chi connectivity index (χ2n) is 5.71. The molecule has 0 spiro atoms. The van der Waals surface area contributed by atoms with Crippen LogP contribution in [-0.4, -0.2) is 49.1 Å². The van der Waals surface area contributed by atoms with E-state index in [1.54, 1.807) is 0 Å². The predicted octanol–water partition coefficient (Wildman–Crippen LogP) is 1.14. The Balaban J connectivity index is 0.00000242. The van der Waals surface area contributed by atoms with E-state index in [1.807, 2.05) is 25.1 Å². The van der Waals surface area contributed by atoms with Gasteiger partial charge in [-0.2, -0.15) is 4.98 Å². The molecule has 1 saturated carbocycles. The molecule has 0 radical (unpaired) electrons. The number of carbonyl (C=O) groups excluding carboxylic acids is 1. The quantitative estimate of drug-likeness (QED) is 0.655. The minimum atomic E-state index is -0.0300. The summed E-state index contributed by atoms with van der Waals surface area (Å²) in [5, 5.41) is 5.97. The van der Waals surface area contributed by atoms with Crippen LogP contribution in [0.2, 0.25) is 0 Å². The van der Waals surface area contributed by atoms with Gasteiger partial charge in [-0.25, -0.2) is 4.98 Å². The molecule has 4 N–H and O–H groups in total. The molecule has 0 saturated heterocycles. The van der Waals surface area contributed by atoms with Gasteiger partial charge in [0, 0.05) is 52.1 Å². The minimum absolute atomic E-state index is 0. The Labute approximate surface area is 149 Å². The maximum absolute atomic E-state index is 10.8. The van der Waals surface area contributed by atoms with E-state index >= 15 is 0 Å². The number of rotatable bonds is 6. The lowest BCUT2D eigenvalue weighted by Gasteiger charge is -2.32. The first-order valence-electron chi connectivity index (χ1n) is 7.26. The van der Waals surface area contributed by atoms with Crippen LogP contribution in [-0.2, 0) is 4.79 Å². The first kappa shape index (κ1) is 21.7. The van der Waals surface area contributed by atoms with E-state index in [-0.39, 0.29) is 30.7 Å². The Hall–Kier alpha value is -1.31. The number of amides is 1. The second-order valence-corrected chi connectivity index (χ2v) is 5.71. The molecule has 1 heterocycles. The third kappa shape index (κ3) is 6.37. The molecule has 0 bridgehead atoms. The van der Waals surface area contributed by atoms with Crippen LogP contribution in [0.1, 0.15) is 31.4 Å². The SMILES string of the molecule is CC(=O)NCCNc1cc(C2CC(N)C2)nc(N(C)C)n1.Cl.Cl. The molecule has 0 unspecified atom stereocenters. The smallest absolute Gasteiger partial charge is 0.227 e. The van der Waals surface area contributed by atoms with Crippen LogP contribution in [0, 0.1) is 0 Å². The normalized spacial score (nSPS) is 18.8. The molecular formula is C14H26Cl2N6O. The summed E-state index contributed by atoms with van der Waals surface area (Å²) in [6, 6.07) is 2.28. The average molecular weight is 365 g/mol. The summed E-state index contributed by atoms with van der Waals surface area (Å²) < 4.78 is 0. The molecule has 9 heteroatoms. The Bertz CT molecular complexity index is 508. The predicted molar refractivity (Wildman–Crippen MR) is 98.0 cm³/mol. The molecule has 1 aliphatic carbocycles. The van der Waals surface area contributed by atoms with Gasteiger partial charge in [0.05, 0.1) is 5.69 Å². The first-order valence-corrected chi connectivity index (χ1v) is 7.26. The molecule has 0 aromatic carbocycles. The Morgan fingerprint density at radius 1 is 1.30 bits per heavy atom. The molecule has 0 aliphatic heterocycles. The largest absolute Gasteiger partial charge is 0.368 e. The number of anilines is 2. The van der Waals surface area contributed by atoms with Crippen molar-refractivity contribution in [3.63, 3.8) is 0 Å². The third-order valence-electron chi connectivity index (χ3n) is 3.53. The van der Waals surface area contributed by atoms with Crippen molar-refractivity contribution >= 4 is 42.5 Å². The van der Waals surface area contributed by atoms with Crippen molar-refractivity contribution in [2.24, 2.45) is 5.73 Å². The highest BCUT2D eigenvalue weighted by Gasteiger charge is 2.29. The molecule has 23 heavy (non-hydrogen) atoms. The van der Waals surface area contributed by atoms with Crippen molar-refractivity contribution in [1.82, 2.24) is 15.3 Å². The highest BCUT2D eigenvalue weighted by Crippen LogP contribution is 2.35. The van der Waals surface area contributed by atoms with E-state index in [0.717, 1.165) is 24.4 Å². The van der Waals surface area contributed by atoms with Crippen molar-refractivity contribution < 1.29 is 4.79 Å². The maximum atomic E-state index is 10.8. The van der Waals surface area contributed by atoms with Crippen LogP contribution in [0.15, 0.2) is 6.07 Å². The Kier molecular flexibility index (Phi) is 9.19. The summed E-state index contributed by atoms with van der Waals surface area (Å²) >= 11 is 0. The summed E-state index contributed by atoms with van der Waals surface area (Å²) in [7, 11) is 3.85. The van der Waals surface area contributed by atoms with Gasteiger partial charge in [0.2, 0.25) is 11.9 Å². The zero-order valence-electron chi connectivity index (χ0n) is 13.7. The van der Waals surface area contributed by atoms with E-state index in [2.05, 4.69) is 20.6 Å². The van der Waals surface area contributed by atoms with Crippen molar-refractivity contribution in [3.05, 3.63) is 11.8 Å². The van der Waals surface area contributed by atoms with Crippen LogP contribution < -0.4 is 21.3 Å². The molecule has 132 valence electrons. The van der Waals surface area contributed by atoms with Crippen molar-refractivity contribution in [1.29, 1.82) is 0 Å². The Morgan fingerprint density at radius 2 is 1.96 bits per heavy atom. The number of carbonyl (C=O) groups is 1. The zero-order chi connectivity index (χ0) is 15.4. The molecule has 1 aliphatic rings. The van der Waals surface area contributed by atoms with Gasteiger partial charge < -0.3 is 21.3 Å². The number of nitrogens with zero attached hydrogens (tertiary/aromatic N) is 3. The van der Waals surface area contributed by atoms with Crippen LogP contribution in [0.4, 0.5) is 11.8 Å². The van der Waals surface area contributed by atoms with Gasteiger partial charge >= 0.3 is 0 Å². The molecule has 1 aromatic heterocycles. The molecular weight excluding hydrogens is 339 g/mol. The van der Waals surface area contributed by atoms with Crippen molar-refractivity contribution in [3.8, 4) is 0 Å². The summed E-state index contributed by atoms with van der Waals surface area (Å²) in [4.78, 5) is 21.8. The number of nitrogens with two attached hydrogens (primary N) is 1. The molecule has 1 amide bonds. The highest BCUT2D eigenvalue weighted by atomic mass is 35.5. The monoisotopic (exact) mass is 364 g/mol. The van der Waals surface area contributed by atoms with Crippen LogP contribution >= 0.6 is 24.8 Å². The van der Waals surface area contributed by atoms with E-state index in [1.165, 1.54) is 6.92 Å². The van der Waals surface area contributed by atoms with Gasteiger partial charge in [-0.1, -0.05) is 0 Å². The summed E-state index contributed by atoms with van der Waals surface area (Å²) in [6.45, 7) is 2.71. The fourth-order valence-corrected chi connectivity index (χ4v) is 2.28. The van der Waals surface area contributed by atoms with Gasteiger partial charge in [0.1, 0.15) is 5.82 Å². The molecule has 1 aromatic rings. The summed E-state index contributed by atoms with van der Waals surface area (Å²) in [5.41, 5.74) is 6.90. The van der Waals surface area contributed by atoms with Crippen molar-refractivity contribution in [2.45, 2.75) is 31.7 Å². The van der Waals surface area contributed by atoms with E-state index in [4.69, 9.17) is 5.73 Å². The average Bonchev–Trinajstić information content (AvgIpc) is 2.39. The number of hydrogen-bond donors (Lipinski definition) is 3. The lowest BCUT2D eigenvalue weighted by Crippen LogP contribution is -2.35. The standard InChI is InChI=1S/C14H24N6O.2ClH/c1-9(21)16-4-5-17-13-8-12(10-6-11(15)7-10)18-14(19-13)20(2)3;;/h8,10-11H,4-7,15H2,1-3H3,(H,16,21)(H,17,18,19);2*1H. The lowest BCUT2D eigenvalue weighted by atomic mass is 9.78. The molecule has 2 rings (SSSR count). The summed E-state index contributed by atoms with van der Waals surface area (Å²) in [6.07, 6.45) is 1.96. The van der Waals surface area contributed by atoms with E-state index in [9.17, 15) is 4.79 Å². The number of hydrogen-bond acceptors (Lipinski definition) is 6. The topological polar surface area (TPSA) is 96.2 Å². The van der Waals surface area contributed by atoms with Gasteiger partial charge in [-0.3, -0.25) is 4.79 Å². The number of halogens is 2. The van der Waals surface area contributed by atoms with E-state index < -0.39 is 0 Å². The minimum Gasteiger partial charge on any atom is -0.368 e.